The number of carbonyl (C=O) groups excluding carboxylic acids is 2. The molecule has 2 amide bonds. The van der Waals surface area contributed by atoms with E-state index in [9.17, 15) is 9.59 Å². The highest BCUT2D eigenvalue weighted by Gasteiger charge is 2.19. The molecule has 1 unspecified atom stereocenters. The first-order chi connectivity index (χ1) is 13.2. The molecule has 28 heavy (non-hydrogen) atoms. The van der Waals surface area contributed by atoms with E-state index in [0.717, 1.165) is 16.8 Å². The van der Waals surface area contributed by atoms with E-state index < -0.39 is 11.8 Å². The molecule has 0 aliphatic carbocycles. The number of nitrogens with one attached hydrogen (secondary N) is 2. The van der Waals surface area contributed by atoms with E-state index in [1.807, 2.05) is 62.3 Å². The molecular weight excluding hydrogens is 376 g/mol. The lowest BCUT2D eigenvalue weighted by atomic mass is 10.1. The number of benzene rings is 2. The number of carbonyl (C=O) groups is 2. The second-order valence-electron chi connectivity index (χ2n) is 7.04. The zero-order valence-corrected chi connectivity index (χ0v) is 17.7. The van der Waals surface area contributed by atoms with Crippen LogP contribution >= 0.6 is 11.6 Å². The van der Waals surface area contributed by atoms with Crippen molar-refractivity contribution in [3.05, 3.63) is 58.6 Å². The Hall–Kier alpha value is -2.57. The van der Waals surface area contributed by atoms with E-state index in [-0.39, 0.29) is 6.04 Å². The summed E-state index contributed by atoms with van der Waals surface area (Å²) in [4.78, 5) is 28.5. The Morgan fingerprint density at radius 2 is 1.64 bits per heavy atom. The van der Waals surface area contributed by atoms with Gasteiger partial charge in [0.25, 0.3) is 0 Å². The Kier molecular flexibility index (Phi) is 7.43. The van der Waals surface area contributed by atoms with E-state index in [1.54, 1.807) is 25.1 Å². The van der Waals surface area contributed by atoms with Crippen molar-refractivity contribution >= 4 is 34.8 Å². The summed E-state index contributed by atoms with van der Waals surface area (Å²) < 4.78 is 0. The SMILES string of the molecule is Cc1c(Cl)cccc1NC(=O)C(=O)NCC(c1ccc(N(C)C)cc1)N(C)C. The van der Waals surface area contributed by atoms with Crippen LogP contribution < -0.4 is 15.5 Å². The van der Waals surface area contributed by atoms with Crippen molar-refractivity contribution < 1.29 is 9.59 Å². The molecule has 0 bridgehead atoms. The Morgan fingerprint density at radius 3 is 2.21 bits per heavy atom. The first-order valence-corrected chi connectivity index (χ1v) is 9.36. The number of nitrogens with zero attached hydrogens (tertiary/aromatic N) is 2. The lowest BCUT2D eigenvalue weighted by molar-refractivity contribution is -0.136. The number of amides is 2. The molecule has 150 valence electrons. The molecule has 0 saturated carbocycles. The van der Waals surface area contributed by atoms with Gasteiger partial charge in [-0.05, 0) is 56.4 Å². The molecule has 0 aliphatic heterocycles. The van der Waals surface area contributed by atoms with Gasteiger partial charge in [-0.2, -0.15) is 0 Å². The van der Waals surface area contributed by atoms with Gasteiger partial charge in [0, 0.05) is 37.0 Å². The zero-order valence-electron chi connectivity index (χ0n) is 16.9. The molecule has 1 atom stereocenters. The van der Waals surface area contributed by atoms with Gasteiger partial charge in [-0.3, -0.25) is 9.59 Å². The molecule has 0 saturated heterocycles. The van der Waals surface area contributed by atoms with Gasteiger partial charge in [0.05, 0.1) is 6.04 Å². The molecule has 0 fully saturated rings. The summed E-state index contributed by atoms with van der Waals surface area (Å²) in [5.74, 6) is -1.40. The number of likely N-dealkylation sites (N-methyl/N-ethyl adjacent to an activating group) is 1. The van der Waals surface area contributed by atoms with Crippen LogP contribution in [0.25, 0.3) is 0 Å². The van der Waals surface area contributed by atoms with E-state index in [2.05, 4.69) is 10.6 Å². The van der Waals surface area contributed by atoms with Crippen LogP contribution in [-0.4, -0.2) is 51.4 Å². The van der Waals surface area contributed by atoms with Gasteiger partial charge in [-0.25, -0.2) is 0 Å². The third-order valence-electron chi connectivity index (χ3n) is 4.60. The van der Waals surface area contributed by atoms with Gasteiger partial charge in [0.2, 0.25) is 0 Å². The smallest absolute Gasteiger partial charge is 0.313 e. The highest BCUT2D eigenvalue weighted by molar-refractivity contribution is 6.40. The molecule has 2 N–H and O–H groups in total. The molecule has 0 aliphatic rings. The normalized spacial score (nSPS) is 11.8. The number of hydrogen-bond donors (Lipinski definition) is 2. The number of rotatable bonds is 6. The summed E-state index contributed by atoms with van der Waals surface area (Å²) in [6.45, 7) is 2.10. The maximum Gasteiger partial charge on any atom is 0.313 e. The molecule has 0 heterocycles. The monoisotopic (exact) mass is 402 g/mol. The zero-order chi connectivity index (χ0) is 20.8. The predicted octanol–water partition coefficient (Wildman–Crippen LogP) is 3.07. The van der Waals surface area contributed by atoms with E-state index >= 15 is 0 Å². The summed E-state index contributed by atoms with van der Waals surface area (Å²) in [5, 5.41) is 5.86. The standard InChI is InChI=1S/C21H27ClN4O2/c1-14-17(22)7-6-8-18(14)24-21(28)20(27)23-13-19(26(4)5)15-9-11-16(12-10-15)25(2)3/h6-12,19H,13H2,1-5H3,(H,23,27)(H,24,28). The van der Waals surface area contributed by atoms with Crippen LogP contribution in [0.15, 0.2) is 42.5 Å². The summed E-state index contributed by atoms with van der Waals surface area (Å²) in [5.41, 5.74) is 3.40. The maximum atomic E-state index is 12.3. The second kappa shape index (κ2) is 9.57. The van der Waals surface area contributed by atoms with Crippen LogP contribution in [0.2, 0.25) is 5.02 Å². The third-order valence-corrected chi connectivity index (χ3v) is 5.01. The molecule has 6 nitrogen and oxygen atoms in total. The van der Waals surface area contributed by atoms with Crippen LogP contribution in [0.1, 0.15) is 17.2 Å². The summed E-state index contributed by atoms with van der Waals surface area (Å²) in [7, 11) is 7.84. The summed E-state index contributed by atoms with van der Waals surface area (Å²) in [6, 6.07) is 13.2. The highest BCUT2D eigenvalue weighted by atomic mass is 35.5. The average Bonchev–Trinajstić information content (AvgIpc) is 2.65. The van der Waals surface area contributed by atoms with Gasteiger partial charge < -0.3 is 20.4 Å². The largest absolute Gasteiger partial charge is 0.378 e. The topological polar surface area (TPSA) is 64.7 Å². The van der Waals surface area contributed by atoms with Crippen molar-refractivity contribution in [3.8, 4) is 0 Å². The van der Waals surface area contributed by atoms with E-state index in [1.165, 1.54) is 0 Å². The lowest BCUT2D eigenvalue weighted by Gasteiger charge is -2.25. The van der Waals surface area contributed by atoms with Crippen molar-refractivity contribution in [2.75, 3.05) is 45.0 Å². The fourth-order valence-corrected chi connectivity index (χ4v) is 2.96. The van der Waals surface area contributed by atoms with Crippen LogP contribution in [0, 0.1) is 6.92 Å². The number of anilines is 2. The Morgan fingerprint density at radius 1 is 1.00 bits per heavy atom. The molecule has 0 radical (unpaired) electrons. The van der Waals surface area contributed by atoms with Crippen LogP contribution in [0.4, 0.5) is 11.4 Å². The van der Waals surface area contributed by atoms with Crippen LogP contribution in [-0.2, 0) is 9.59 Å². The first-order valence-electron chi connectivity index (χ1n) is 8.98. The Balaban J connectivity index is 2.01. The lowest BCUT2D eigenvalue weighted by Crippen LogP contribution is -2.40. The minimum atomic E-state index is -0.717. The predicted molar refractivity (Wildman–Crippen MR) is 115 cm³/mol. The van der Waals surface area contributed by atoms with Gasteiger partial charge in [0.1, 0.15) is 0 Å². The summed E-state index contributed by atoms with van der Waals surface area (Å²) >= 11 is 6.05. The van der Waals surface area contributed by atoms with Gasteiger partial charge in [0.15, 0.2) is 0 Å². The van der Waals surface area contributed by atoms with Crippen molar-refractivity contribution in [2.24, 2.45) is 0 Å². The van der Waals surface area contributed by atoms with Gasteiger partial charge >= 0.3 is 11.8 Å². The minimum Gasteiger partial charge on any atom is -0.378 e. The van der Waals surface area contributed by atoms with E-state index in [4.69, 9.17) is 11.6 Å². The quantitative estimate of drug-likeness (QED) is 0.729. The summed E-state index contributed by atoms with van der Waals surface area (Å²) in [6.07, 6.45) is 0. The van der Waals surface area contributed by atoms with Crippen LogP contribution in [0.5, 0.6) is 0 Å². The molecule has 0 aromatic heterocycles. The van der Waals surface area contributed by atoms with Crippen molar-refractivity contribution in [3.63, 3.8) is 0 Å². The fourth-order valence-electron chi connectivity index (χ4n) is 2.78. The molecule has 0 spiro atoms. The third kappa shape index (κ3) is 5.47. The molecule has 2 aromatic rings. The minimum absolute atomic E-state index is 0.0548. The van der Waals surface area contributed by atoms with Gasteiger partial charge in [-0.15, -0.1) is 0 Å². The highest BCUT2D eigenvalue weighted by Crippen LogP contribution is 2.23. The van der Waals surface area contributed by atoms with E-state index in [0.29, 0.717) is 17.3 Å². The molecule has 2 rings (SSSR count). The second-order valence-corrected chi connectivity index (χ2v) is 7.45. The molecule has 7 heteroatoms. The average molecular weight is 403 g/mol. The van der Waals surface area contributed by atoms with Crippen LogP contribution in [0.3, 0.4) is 0 Å². The maximum absolute atomic E-state index is 12.3. The van der Waals surface area contributed by atoms with Crippen molar-refractivity contribution in [1.82, 2.24) is 10.2 Å². The number of hydrogen-bond acceptors (Lipinski definition) is 4. The Bertz CT molecular complexity index is 835. The molecule has 2 aromatic carbocycles. The Labute approximate surface area is 171 Å². The van der Waals surface area contributed by atoms with Crippen molar-refractivity contribution in [1.29, 1.82) is 0 Å². The number of halogens is 1. The van der Waals surface area contributed by atoms with Crippen molar-refractivity contribution in [2.45, 2.75) is 13.0 Å². The fraction of sp³-hybridized carbons (Fsp3) is 0.333. The van der Waals surface area contributed by atoms with Gasteiger partial charge in [-0.1, -0.05) is 29.8 Å². The molecular formula is C21H27ClN4O2. The first kappa shape index (κ1) is 21.7.